The first kappa shape index (κ1) is 24.7. The number of amides is 1. The summed E-state index contributed by atoms with van der Waals surface area (Å²) in [6, 6.07) is 4.09. The summed E-state index contributed by atoms with van der Waals surface area (Å²) in [5, 5.41) is 9.20. The number of carbonyl (C=O) groups is 1. The average molecular weight is 428 g/mol. The molecule has 0 unspecified atom stereocenters. The van der Waals surface area contributed by atoms with Gasteiger partial charge in [-0.1, -0.05) is 41.5 Å². The van der Waals surface area contributed by atoms with Crippen LogP contribution in [0.25, 0.3) is 0 Å². The molecule has 5 nitrogen and oxygen atoms in total. The van der Waals surface area contributed by atoms with Crippen molar-refractivity contribution < 1.29 is 19.4 Å². The third-order valence-corrected chi connectivity index (χ3v) is 17.9. The van der Waals surface area contributed by atoms with Crippen LogP contribution in [-0.2, 0) is 6.42 Å². The summed E-state index contributed by atoms with van der Waals surface area (Å²) in [6.45, 7) is 14.5. The summed E-state index contributed by atoms with van der Waals surface area (Å²) >= 11 is 2.03. The maximum atomic E-state index is 11.2. The van der Waals surface area contributed by atoms with E-state index >= 15 is 0 Å². The van der Waals surface area contributed by atoms with Gasteiger partial charge in [0.05, 0.1) is 14.2 Å². The zero-order valence-electron chi connectivity index (χ0n) is 18.8. The molecule has 0 aromatic heterocycles. The van der Waals surface area contributed by atoms with Gasteiger partial charge in [-0.25, -0.2) is 4.79 Å². The SMILES string of the molecule is COc1cc(CCN(C)C(=O)O)c(S[Si](C(C)C)(C(C)C)C(C)C)cc1OC. The Balaban J connectivity index is 3.45. The van der Waals surface area contributed by atoms with Crippen LogP contribution in [0.4, 0.5) is 4.79 Å². The van der Waals surface area contributed by atoms with Gasteiger partial charge in [0.1, 0.15) is 7.22 Å². The number of likely N-dealkylation sites (N-methyl/N-ethyl adjacent to an activating group) is 1. The van der Waals surface area contributed by atoms with Gasteiger partial charge in [0, 0.05) is 18.5 Å². The van der Waals surface area contributed by atoms with Crippen LogP contribution >= 0.6 is 11.2 Å². The minimum atomic E-state index is -1.75. The Kier molecular flexibility index (Phi) is 9.21. The van der Waals surface area contributed by atoms with Crippen molar-refractivity contribution in [3.8, 4) is 11.5 Å². The molecule has 0 radical (unpaired) electrons. The minimum Gasteiger partial charge on any atom is -0.493 e. The molecule has 0 heterocycles. The van der Waals surface area contributed by atoms with Crippen LogP contribution < -0.4 is 9.47 Å². The van der Waals surface area contributed by atoms with Gasteiger partial charge in [0.15, 0.2) is 11.5 Å². The van der Waals surface area contributed by atoms with Gasteiger partial charge in [-0.05, 0) is 40.7 Å². The third-order valence-electron chi connectivity index (χ3n) is 5.60. The van der Waals surface area contributed by atoms with Gasteiger partial charge in [-0.15, -0.1) is 11.2 Å². The molecule has 1 amide bonds. The fraction of sp³-hybridized carbons (Fsp3) is 0.667. The quantitative estimate of drug-likeness (QED) is 0.456. The number of nitrogens with zero attached hydrogens (tertiary/aromatic N) is 1. The van der Waals surface area contributed by atoms with E-state index in [1.165, 1.54) is 9.80 Å². The van der Waals surface area contributed by atoms with Crippen molar-refractivity contribution in [2.45, 2.75) is 69.5 Å². The molecule has 0 saturated heterocycles. The molecule has 0 aliphatic heterocycles. The summed E-state index contributed by atoms with van der Waals surface area (Å²) in [4.78, 5) is 13.7. The standard InChI is InChI=1S/C21H37NO4SSi/c1-14(2)28(15(3)4,16(5)6)27-20-13-19(26-9)18(25-8)12-17(20)10-11-22(7)21(23)24/h12-16H,10-11H2,1-9H3,(H,23,24). The number of carboxylic acid groups (broad SMARTS) is 1. The van der Waals surface area contributed by atoms with Gasteiger partial charge in [-0.2, -0.15) is 0 Å². The summed E-state index contributed by atoms with van der Waals surface area (Å²) in [5.74, 6) is 1.41. The van der Waals surface area contributed by atoms with Crippen molar-refractivity contribution in [2.24, 2.45) is 0 Å². The molecular weight excluding hydrogens is 390 g/mol. The first-order chi connectivity index (χ1) is 13.0. The smallest absolute Gasteiger partial charge is 0.407 e. The molecule has 0 saturated carbocycles. The first-order valence-electron chi connectivity index (χ1n) is 9.89. The van der Waals surface area contributed by atoms with Crippen molar-refractivity contribution in [3.63, 3.8) is 0 Å². The highest BCUT2D eigenvalue weighted by atomic mass is 32.4. The van der Waals surface area contributed by atoms with E-state index in [-0.39, 0.29) is 0 Å². The number of rotatable bonds is 10. The van der Waals surface area contributed by atoms with E-state index in [1.807, 2.05) is 17.3 Å². The molecule has 1 rings (SSSR count). The van der Waals surface area contributed by atoms with E-state index in [1.54, 1.807) is 21.3 Å². The molecule has 0 atom stereocenters. The molecule has 160 valence electrons. The van der Waals surface area contributed by atoms with Gasteiger partial charge < -0.3 is 19.5 Å². The molecule has 7 heteroatoms. The fourth-order valence-electron chi connectivity index (χ4n) is 4.12. The van der Waals surface area contributed by atoms with Crippen LogP contribution in [0, 0.1) is 0 Å². The number of methoxy groups -OCH3 is 2. The number of hydrogen-bond acceptors (Lipinski definition) is 4. The zero-order chi connectivity index (χ0) is 21.6. The Morgan fingerprint density at radius 2 is 1.50 bits per heavy atom. The summed E-state index contributed by atoms with van der Waals surface area (Å²) in [6.07, 6.45) is -0.269. The number of ether oxygens (including phenoxy) is 2. The lowest BCUT2D eigenvalue weighted by atomic mass is 10.1. The van der Waals surface area contributed by atoms with Crippen LogP contribution in [0.1, 0.15) is 47.1 Å². The van der Waals surface area contributed by atoms with Crippen molar-refractivity contribution in [2.75, 3.05) is 27.8 Å². The van der Waals surface area contributed by atoms with Crippen LogP contribution in [0.3, 0.4) is 0 Å². The van der Waals surface area contributed by atoms with Crippen LogP contribution in [0.5, 0.6) is 11.5 Å². The lowest BCUT2D eigenvalue weighted by molar-refractivity contribution is 0.156. The maximum absolute atomic E-state index is 11.2. The molecule has 28 heavy (non-hydrogen) atoms. The number of hydrogen-bond donors (Lipinski definition) is 1. The second kappa shape index (κ2) is 10.4. The molecule has 0 spiro atoms. The van der Waals surface area contributed by atoms with Crippen LogP contribution in [-0.4, -0.2) is 51.1 Å². The normalized spacial score (nSPS) is 12.0. The van der Waals surface area contributed by atoms with E-state index in [0.29, 0.717) is 35.3 Å². The maximum Gasteiger partial charge on any atom is 0.407 e. The van der Waals surface area contributed by atoms with Crippen molar-refractivity contribution >= 4 is 24.5 Å². The van der Waals surface area contributed by atoms with Crippen molar-refractivity contribution in [3.05, 3.63) is 17.7 Å². The van der Waals surface area contributed by atoms with Gasteiger partial charge >= 0.3 is 6.09 Å². The highest BCUT2D eigenvalue weighted by Crippen LogP contribution is 2.53. The highest BCUT2D eigenvalue weighted by molar-refractivity contribution is 8.29. The molecular formula is C21H37NO4SSi. The molecule has 1 aromatic rings. The highest BCUT2D eigenvalue weighted by Gasteiger charge is 2.44. The third kappa shape index (κ3) is 5.38. The zero-order valence-corrected chi connectivity index (χ0v) is 20.6. The van der Waals surface area contributed by atoms with E-state index < -0.39 is 13.3 Å². The molecule has 0 bridgehead atoms. The molecule has 0 fully saturated rings. The average Bonchev–Trinajstić information content (AvgIpc) is 2.62. The predicted octanol–water partition coefficient (Wildman–Crippen LogP) is 6.12. The Bertz CT molecular complexity index is 642. The van der Waals surface area contributed by atoms with E-state index in [0.717, 1.165) is 11.3 Å². The van der Waals surface area contributed by atoms with Crippen LogP contribution in [0.15, 0.2) is 17.0 Å². The van der Waals surface area contributed by atoms with Gasteiger partial charge in [0.25, 0.3) is 0 Å². The summed E-state index contributed by atoms with van der Waals surface area (Å²) < 4.78 is 11.1. The molecule has 1 N–H and O–H groups in total. The fourth-order valence-corrected chi connectivity index (χ4v) is 13.5. The van der Waals surface area contributed by atoms with Gasteiger partial charge in [-0.3, -0.25) is 0 Å². The van der Waals surface area contributed by atoms with Gasteiger partial charge in [0.2, 0.25) is 0 Å². The molecule has 0 aliphatic rings. The monoisotopic (exact) mass is 427 g/mol. The summed E-state index contributed by atoms with van der Waals surface area (Å²) in [7, 11) is 3.14. The summed E-state index contributed by atoms with van der Waals surface area (Å²) in [5.41, 5.74) is 2.95. The lowest BCUT2D eigenvalue weighted by Gasteiger charge is -2.42. The lowest BCUT2D eigenvalue weighted by Crippen LogP contribution is -2.41. The predicted molar refractivity (Wildman–Crippen MR) is 121 cm³/mol. The van der Waals surface area contributed by atoms with Crippen molar-refractivity contribution in [1.29, 1.82) is 0 Å². The van der Waals surface area contributed by atoms with Crippen molar-refractivity contribution in [1.82, 2.24) is 4.90 Å². The Hall–Kier alpha value is -1.34. The Morgan fingerprint density at radius 3 is 1.89 bits per heavy atom. The van der Waals surface area contributed by atoms with E-state index in [4.69, 9.17) is 9.47 Å². The first-order valence-corrected chi connectivity index (χ1v) is 13.7. The Labute approximate surface area is 175 Å². The topological polar surface area (TPSA) is 59.0 Å². The largest absolute Gasteiger partial charge is 0.493 e. The minimum absolute atomic E-state index is 0.442. The molecule has 1 aromatic carbocycles. The molecule has 0 aliphatic carbocycles. The van der Waals surface area contributed by atoms with Crippen LogP contribution in [0.2, 0.25) is 16.6 Å². The van der Waals surface area contributed by atoms with E-state index in [9.17, 15) is 9.90 Å². The second-order valence-electron chi connectivity index (χ2n) is 8.19. The Morgan fingerprint density at radius 1 is 1.04 bits per heavy atom. The number of benzene rings is 1. The van der Waals surface area contributed by atoms with E-state index in [2.05, 4.69) is 47.6 Å². The second-order valence-corrected chi connectivity index (χ2v) is 16.7.